The largest absolute Gasteiger partial charge is 0.480 e. The maximum atomic E-state index is 12.1. The second kappa shape index (κ2) is 12.3. The minimum atomic E-state index is -1.12. The maximum Gasteiger partial charge on any atom is 0.407 e. The van der Waals surface area contributed by atoms with E-state index < -0.39 is 36.0 Å². The number of carbonyl (C=O) groups excluding carboxylic acids is 3. The number of carboxylic acid groups (broad SMARTS) is 1. The van der Waals surface area contributed by atoms with Gasteiger partial charge in [0.15, 0.2) is 0 Å². The summed E-state index contributed by atoms with van der Waals surface area (Å²) in [5.41, 5.74) is 0.809. The Morgan fingerprint density at radius 3 is 2.39 bits per heavy atom. The first-order chi connectivity index (χ1) is 13.3. The summed E-state index contributed by atoms with van der Waals surface area (Å²) >= 11 is 0. The zero-order valence-corrected chi connectivity index (χ0v) is 16.1. The van der Waals surface area contributed by atoms with Crippen LogP contribution in [0.15, 0.2) is 30.3 Å². The molecular formula is C19H27N3O6. The van der Waals surface area contributed by atoms with Gasteiger partial charge in [-0.2, -0.15) is 0 Å². The van der Waals surface area contributed by atoms with Crippen molar-refractivity contribution in [3.05, 3.63) is 35.9 Å². The highest BCUT2D eigenvalue weighted by molar-refractivity contribution is 5.91. The molecule has 0 aliphatic carbocycles. The number of nitrogens with one attached hydrogen (secondary N) is 3. The highest BCUT2D eigenvalue weighted by atomic mass is 16.5. The molecule has 0 fully saturated rings. The number of alkyl carbamates (subject to hydrolysis) is 1. The van der Waals surface area contributed by atoms with Gasteiger partial charge in [0, 0.05) is 0 Å². The predicted octanol–water partition coefficient (Wildman–Crippen LogP) is 1.18. The molecule has 4 N–H and O–H groups in total. The average molecular weight is 393 g/mol. The molecule has 0 saturated heterocycles. The molecule has 3 amide bonds. The number of rotatable bonds is 11. The Labute approximate surface area is 163 Å². The van der Waals surface area contributed by atoms with E-state index in [9.17, 15) is 19.2 Å². The van der Waals surface area contributed by atoms with Crippen molar-refractivity contribution in [2.24, 2.45) is 0 Å². The second-order valence-corrected chi connectivity index (χ2v) is 6.25. The highest BCUT2D eigenvalue weighted by Crippen LogP contribution is 2.02. The van der Waals surface area contributed by atoms with Crippen LogP contribution in [0.1, 0.15) is 38.7 Å². The molecule has 0 aliphatic rings. The fourth-order valence-electron chi connectivity index (χ4n) is 2.25. The van der Waals surface area contributed by atoms with Crippen LogP contribution in [0, 0.1) is 0 Å². The van der Waals surface area contributed by atoms with Gasteiger partial charge in [0.2, 0.25) is 11.8 Å². The number of carbonyl (C=O) groups is 4. The first kappa shape index (κ1) is 22.9. The first-order valence-electron chi connectivity index (χ1n) is 9.10. The summed E-state index contributed by atoms with van der Waals surface area (Å²) in [5, 5.41) is 16.2. The number of benzene rings is 1. The van der Waals surface area contributed by atoms with E-state index in [2.05, 4.69) is 16.0 Å². The zero-order valence-electron chi connectivity index (χ0n) is 16.1. The van der Waals surface area contributed by atoms with Gasteiger partial charge in [-0.1, -0.05) is 50.1 Å². The van der Waals surface area contributed by atoms with Crippen molar-refractivity contribution in [3.8, 4) is 0 Å². The molecule has 2 atom stereocenters. The van der Waals surface area contributed by atoms with Crippen molar-refractivity contribution in [1.29, 1.82) is 0 Å². The molecule has 0 aromatic heterocycles. The van der Waals surface area contributed by atoms with E-state index in [1.165, 1.54) is 6.92 Å². The normalized spacial score (nSPS) is 12.4. The lowest BCUT2D eigenvalue weighted by Crippen LogP contribution is -2.51. The Morgan fingerprint density at radius 1 is 1.11 bits per heavy atom. The van der Waals surface area contributed by atoms with Gasteiger partial charge in [-0.15, -0.1) is 0 Å². The average Bonchev–Trinajstić information content (AvgIpc) is 2.68. The van der Waals surface area contributed by atoms with Crippen LogP contribution in [0.25, 0.3) is 0 Å². The number of aliphatic carboxylic acids is 1. The fraction of sp³-hybridized carbons (Fsp3) is 0.474. The van der Waals surface area contributed by atoms with Crippen molar-refractivity contribution in [1.82, 2.24) is 16.0 Å². The van der Waals surface area contributed by atoms with E-state index in [1.807, 2.05) is 25.1 Å². The van der Waals surface area contributed by atoms with Gasteiger partial charge < -0.3 is 25.8 Å². The number of hydrogen-bond acceptors (Lipinski definition) is 5. The van der Waals surface area contributed by atoms with Crippen molar-refractivity contribution >= 4 is 23.9 Å². The van der Waals surface area contributed by atoms with Crippen molar-refractivity contribution in [2.45, 2.75) is 51.8 Å². The summed E-state index contributed by atoms with van der Waals surface area (Å²) < 4.78 is 4.97. The lowest BCUT2D eigenvalue weighted by Gasteiger charge is -2.18. The molecule has 28 heavy (non-hydrogen) atoms. The summed E-state index contributed by atoms with van der Waals surface area (Å²) in [4.78, 5) is 46.7. The predicted molar refractivity (Wildman–Crippen MR) is 101 cm³/mol. The second-order valence-electron chi connectivity index (χ2n) is 6.25. The lowest BCUT2D eigenvalue weighted by molar-refractivity contribution is -0.142. The quantitative estimate of drug-likeness (QED) is 0.446. The van der Waals surface area contributed by atoms with Crippen LogP contribution < -0.4 is 16.0 Å². The Kier molecular flexibility index (Phi) is 10.1. The number of ether oxygens (including phenoxy) is 1. The van der Waals surface area contributed by atoms with Crippen molar-refractivity contribution < 1.29 is 29.0 Å². The van der Waals surface area contributed by atoms with Gasteiger partial charge in [0.05, 0.1) is 0 Å². The van der Waals surface area contributed by atoms with Crippen LogP contribution in [-0.4, -0.2) is 47.6 Å². The van der Waals surface area contributed by atoms with Gasteiger partial charge in [-0.3, -0.25) is 9.59 Å². The minimum absolute atomic E-state index is 0.0709. The van der Waals surface area contributed by atoms with Gasteiger partial charge in [-0.05, 0) is 18.9 Å². The van der Waals surface area contributed by atoms with Gasteiger partial charge >= 0.3 is 12.1 Å². The Morgan fingerprint density at radius 2 is 1.79 bits per heavy atom. The maximum absolute atomic E-state index is 12.1. The molecule has 0 saturated carbocycles. The van der Waals surface area contributed by atoms with Gasteiger partial charge in [0.1, 0.15) is 25.2 Å². The summed E-state index contributed by atoms with van der Waals surface area (Å²) in [6, 6.07) is 7.11. The SMILES string of the molecule is CCCC[C@H](NC(=O)[C@@H](C)NC(=O)CNC(=O)OCc1ccccc1)C(=O)O. The smallest absolute Gasteiger partial charge is 0.407 e. The van der Waals surface area contributed by atoms with Crippen LogP contribution in [-0.2, 0) is 25.7 Å². The van der Waals surface area contributed by atoms with E-state index in [-0.39, 0.29) is 13.2 Å². The highest BCUT2D eigenvalue weighted by Gasteiger charge is 2.23. The van der Waals surface area contributed by atoms with Crippen LogP contribution in [0.2, 0.25) is 0 Å². The molecule has 0 radical (unpaired) electrons. The molecule has 9 nitrogen and oxygen atoms in total. The molecular weight excluding hydrogens is 366 g/mol. The van der Waals surface area contributed by atoms with Crippen LogP contribution >= 0.6 is 0 Å². The standard InChI is InChI=1S/C19H27N3O6/c1-3-4-10-15(18(25)26)22-17(24)13(2)21-16(23)11-20-19(27)28-12-14-8-6-5-7-9-14/h5-9,13,15H,3-4,10-12H2,1-2H3,(H,20,27)(H,21,23)(H,22,24)(H,25,26)/t13-,15+/m1/s1. The van der Waals surface area contributed by atoms with E-state index in [1.54, 1.807) is 12.1 Å². The number of hydrogen-bond donors (Lipinski definition) is 4. The third kappa shape index (κ3) is 9.02. The molecule has 0 spiro atoms. The van der Waals surface area contributed by atoms with E-state index in [0.29, 0.717) is 12.8 Å². The summed E-state index contributed by atoms with van der Waals surface area (Å²) in [5.74, 6) is -2.33. The number of carboxylic acids is 1. The van der Waals surface area contributed by atoms with E-state index in [4.69, 9.17) is 9.84 Å². The monoisotopic (exact) mass is 393 g/mol. The fourth-order valence-corrected chi connectivity index (χ4v) is 2.25. The molecule has 0 aliphatic heterocycles. The van der Waals surface area contributed by atoms with Crippen molar-refractivity contribution in [3.63, 3.8) is 0 Å². The summed E-state index contributed by atoms with van der Waals surface area (Å²) in [6.07, 6.45) is 1.01. The van der Waals surface area contributed by atoms with Crippen LogP contribution in [0.5, 0.6) is 0 Å². The molecule has 9 heteroatoms. The molecule has 0 heterocycles. The van der Waals surface area contributed by atoms with E-state index in [0.717, 1.165) is 12.0 Å². The molecule has 0 bridgehead atoms. The summed E-state index contributed by atoms with van der Waals surface area (Å²) in [7, 11) is 0. The molecule has 1 rings (SSSR count). The van der Waals surface area contributed by atoms with Gasteiger partial charge in [-0.25, -0.2) is 9.59 Å². The number of unbranched alkanes of at least 4 members (excludes halogenated alkanes) is 1. The third-order valence-corrected chi connectivity index (χ3v) is 3.84. The summed E-state index contributed by atoms with van der Waals surface area (Å²) in [6.45, 7) is 3.05. The molecule has 1 aromatic rings. The first-order valence-corrected chi connectivity index (χ1v) is 9.10. The third-order valence-electron chi connectivity index (χ3n) is 3.84. The van der Waals surface area contributed by atoms with Crippen LogP contribution in [0.3, 0.4) is 0 Å². The van der Waals surface area contributed by atoms with Crippen LogP contribution in [0.4, 0.5) is 4.79 Å². The van der Waals surface area contributed by atoms with E-state index >= 15 is 0 Å². The Balaban J connectivity index is 2.33. The number of amides is 3. The molecule has 154 valence electrons. The van der Waals surface area contributed by atoms with Crippen molar-refractivity contribution in [2.75, 3.05) is 6.54 Å². The van der Waals surface area contributed by atoms with Gasteiger partial charge in [0.25, 0.3) is 0 Å². The molecule has 1 aromatic carbocycles. The minimum Gasteiger partial charge on any atom is -0.480 e. The molecule has 0 unspecified atom stereocenters. The lowest BCUT2D eigenvalue weighted by atomic mass is 10.1. The zero-order chi connectivity index (χ0) is 20.9. The Bertz CT molecular complexity index is 665. The topological polar surface area (TPSA) is 134 Å². The Hall–Kier alpha value is -3.10.